The Kier molecular flexibility index (Phi) is 3.60. The van der Waals surface area contributed by atoms with Gasteiger partial charge in [0.1, 0.15) is 11.4 Å². The molecule has 0 aliphatic heterocycles. The zero-order valence-corrected chi connectivity index (χ0v) is 11.5. The van der Waals surface area contributed by atoms with Crippen LogP contribution in [0.5, 0.6) is 5.75 Å². The van der Waals surface area contributed by atoms with Gasteiger partial charge in [-0.25, -0.2) is 9.59 Å². The number of rotatable bonds is 4. The van der Waals surface area contributed by atoms with Crippen LogP contribution < -0.4 is 10.4 Å². The normalized spacial score (nSPS) is 10.6. The molecule has 0 bridgehead atoms. The van der Waals surface area contributed by atoms with Crippen LogP contribution in [0.1, 0.15) is 23.1 Å². The Balaban J connectivity index is 2.74. The first-order chi connectivity index (χ1) is 9.49. The lowest BCUT2D eigenvalue weighted by molar-refractivity contribution is 0.0677. The lowest BCUT2D eigenvalue weighted by Gasteiger charge is -2.07. The van der Waals surface area contributed by atoms with Crippen molar-refractivity contribution >= 4 is 5.97 Å². The molecule has 1 heterocycles. The third-order valence-corrected chi connectivity index (χ3v) is 2.93. The van der Waals surface area contributed by atoms with Gasteiger partial charge < -0.3 is 9.84 Å². The Hall–Kier alpha value is -2.57. The van der Waals surface area contributed by atoms with Crippen molar-refractivity contribution in [2.75, 3.05) is 7.11 Å². The van der Waals surface area contributed by atoms with E-state index in [-0.39, 0.29) is 12.4 Å². The average molecular weight is 277 g/mol. The molecule has 1 N–H and O–H groups in total. The van der Waals surface area contributed by atoms with Crippen LogP contribution in [0.4, 0.5) is 0 Å². The minimum atomic E-state index is -1.24. The maximum atomic E-state index is 12.2. The van der Waals surface area contributed by atoms with E-state index in [2.05, 4.69) is 5.10 Å². The smallest absolute Gasteiger partial charge is 0.374 e. The van der Waals surface area contributed by atoms with Crippen molar-refractivity contribution in [2.24, 2.45) is 0 Å². The number of nitrogens with zero attached hydrogens (tertiary/aromatic N) is 3. The van der Waals surface area contributed by atoms with Gasteiger partial charge in [0.25, 0.3) is 0 Å². The highest BCUT2D eigenvalue weighted by molar-refractivity contribution is 5.83. The van der Waals surface area contributed by atoms with Crippen LogP contribution in [0.15, 0.2) is 23.0 Å². The molecule has 1 aromatic carbocycles. The van der Waals surface area contributed by atoms with Crippen LogP contribution >= 0.6 is 0 Å². The first-order valence-corrected chi connectivity index (χ1v) is 6.07. The lowest BCUT2D eigenvalue weighted by atomic mass is 10.2. The summed E-state index contributed by atoms with van der Waals surface area (Å²) in [5, 5.41) is 13.0. The molecule has 0 saturated carbocycles. The SMILES string of the molecule is CCn1c(C(=O)O)nn(-c2cc(C)ccc2OC)c1=O. The molecule has 0 atom stereocenters. The van der Waals surface area contributed by atoms with E-state index < -0.39 is 11.7 Å². The average Bonchev–Trinajstić information content (AvgIpc) is 2.75. The molecule has 106 valence electrons. The summed E-state index contributed by atoms with van der Waals surface area (Å²) in [5.74, 6) is -1.08. The summed E-state index contributed by atoms with van der Waals surface area (Å²) >= 11 is 0. The maximum absolute atomic E-state index is 12.2. The van der Waals surface area contributed by atoms with Gasteiger partial charge in [-0.3, -0.25) is 4.57 Å². The fourth-order valence-corrected chi connectivity index (χ4v) is 1.96. The largest absolute Gasteiger partial charge is 0.494 e. The van der Waals surface area contributed by atoms with E-state index in [0.717, 1.165) is 14.8 Å². The number of carbonyl (C=O) groups is 1. The highest BCUT2D eigenvalue weighted by atomic mass is 16.5. The zero-order valence-electron chi connectivity index (χ0n) is 11.5. The summed E-state index contributed by atoms with van der Waals surface area (Å²) in [6.45, 7) is 3.78. The molecule has 2 rings (SSSR count). The molecule has 0 radical (unpaired) electrons. The Labute approximate surface area is 115 Å². The Morgan fingerprint density at radius 2 is 2.15 bits per heavy atom. The first kappa shape index (κ1) is 13.9. The topological polar surface area (TPSA) is 86.3 Å². The number of aromatic carboxylic acids is 1. The summed E-state index contributed by atoms with van der Waals surface area (Å²) in [7, 11) is 1.48. The monoisotopic (exact) mass is 277 g/mol. The van der Waals surface area contributed by atoms with Crippen molar-refractivity contribution in [3.63, 3.8) is 0 Å². The van der Waals surface area contributed by atoms with E-state index in [0.29, 0.717) is 11.4 Å². The number of aromatic nitrogens is 3. The molecular formula is C13H15N3O4. The molecule has 0 unspecified atom stereocenters. The van der Waals surface area contributed by atoms with Crippen molar-refractivity contribution in [1.29, 1.82) is 0 Å². The summed E-state index contributed by atoms with van der Waals surface area (Å²) < 4.78 is 7.35. The minimum absolute atomic E-state index is 0.231. The number of hydrogen-bond acceptors (Lipinski definition) is 4. The number of methoxy groups -OCH3 is 1. The highest BCUT2D eigenvalue weighted by Crippen LogP contribution is 2.22. The highest BCUT2D eigenvalue weighted by Gasteiger charge is 2.20. The molecule has 0 amide bonds. The number of carboxylic acids is 1. The number of aryl methyl sites for hydroxylation is 1. The van der Waals surface area contributed by atoms with Gasteiger partial charge >= 0.3 is 11.7 Å². The lowest BCUT2D eigenvalue weighted by Crippen LogP contribution is -2.24. The minimum Gasteiger partial charge on any atom is -0.494 e. The van der Waals surface area contributed by atoms with Crippen molar-refractivity contribution < 1.29 is 14.6 Å². The molecule has 2 aromatic rings. The van der Waals surface area contributed by atoms with E-state index in [1.807, 2.05) is 13.0 Å². The Bertz CT molecular complexity index is 715. The van der Waals surface area contributed by atoms with Gasteiger partial charge in [-0.2, -0.15) is 4.68 Å². The summed E-state index contributed by atoms with van der Waals surface area (Å²) in [6.07, 6.45) is 0. The van der Waals surface area contributed by atoms with Gasteiger partial charge in [0.2, 0.25) is 5.82 Å². The molecule has 7 nitrogen and oxygen atoms in total. The van der Waals surface area contributed by atoms with E-state index >= 15 is 0 Å². The summed E-state index contributed by atoms with van der Waals surface area (Å²) in [5.41, 5.74) is 0.830. The number of benzene rings is 1. The molecular weight excluding hydrogens is 262 g/mol. The van der Waals surface area contributed by atoms with Crippen LogP contribution in [0, 0.1) is 6.92 Å². The van der Waals surface area contributed by atoms with Crippen molar-refractivity contribution in [1.82, 2.24) is 14.3 Å². The predicted octanol–water partition coefficient (Wildman–Crippen LogP) is 1.07. The Morgan fingerprint density at radius 3 is 2.65 bits per heavy atom. The number of carboxylic acid groups (broad SMARTS) is 1. The maximum Gasteiger partial charge on any atom is 0.374 e. The van der Waals surface area contributed by atoms with Crippen LogP contribution in [0.25, 0.3) is 5.69 Å². The second-order valence-electron chi connectivity index (χ2n) is 4.24. The molecule has 0 aliphatic carbocycles. The number of hydrogen-bond donors (Lipinski definition) is 1. The van der Waals surface area contributed by atoms with Gasteiger partial charge in [0.05, 0.1) is 7.11 Å². The molecule has 0 spiro atoms. The van der Waals surface area contributed by atoms with E-state index in [4.69, 9.17) is 9.84 Å². The van der Waals surface area contributed by atoms with E-state index in [1.54, 1.807) is 19.1 Å². The van der Waals surface area contributed by atoms with Crippen molar-refractivity contribution in [2.45, 2.75) is 20.4 Å². The van der Waals surface area contributed by atoms with Gasteiger partial charge in [-0.15, -0.1) is 5.10 Å². The van der Waals surface area contributed by atoms with Crippen LogP contribution in [-0.4, -0.2) is 32.5 Å². The van der Waals surface area contributed by atoms with Gasteiger partial charge in [-0.05, 0) is 31.5 Å². The molecule has 1 aromatic heterocycles. The van der Waals surface area contributed by atoms with Crippen molar-refractivity contribution in [3.8, 4) is 11.4 Å². The van der Waals surface area contributed by atoms with Gasteiger partial charge in [0, 0.05) is 6.54 Å². The van der Waals surface area contributed by atoms with Gasteiger partial charge in [0.15, 0.2) is 0 Å². The van der Waals surface area contributed by atoms with Crippen LogP contribution in [0.2, 0.25) is 0 Å². The molecule has 7 heteroatoms. The van der Waals surface area contributed by atoms with Crippen molar-refractivity contribution in [3.05, 3.63) is 40.1 Å². The van der Waals surface area contributed by atoms with E-state index in [1.165, 1.54) is 7.11 Å². The van der Waals surface area contributed by atoms with Gasteiger partial charge in [-0.1, -0.05) is 6.07 Å². The zero-order chi connectivity index (χ0) is 14.9. The first-order valence-electron chi connectivity index (χ1n) is 6.07. The predicted molar refractivity (Wildman–Crippen MR) is 71.7 cm³/mol. The quantitative estimate of drug-likeness (QED) is 0.903. The summed E-state index contributed by atoms with van der Waals surface area (Å²) in [4.78, 5) is 23.4. The van der Waals surface area contributed by atoms with E-state index in [9.17, 15) is 9.59 Å². The third kappa shape index (κ3) is 2.18. The molecule has 0 fully saturated rings. The summed E-state index contributed by atoms with van der Waals surface area (Å²) in [6, 6.07) is 5.27. The molecule has 20 heavy (non-hydrogen) atoms. The van der Waals surface area contributed by atoms with Crippen LogP contribution in [0.3, 0.4) is 0 Å². The third-order valence-electron chi connectivity index (χ3n) is 2.93. The standard InChI is InChI=1S/C13H15N3O4/c1-4-15-11(12(17)18)14-16(13(15)19)9-7-8(2)5-6-10(9)20-3/h5-7H,4H2,1-3H3,(H,17,18). The molecule has 0 aliphatic rings. The Morgan fingerprint density at radius 1 is 1.45 bits per heavy atom. The number of ether oxygens (including phenoxy) is 1. The fourth-order valence-electron chi connectivity index (χ4n) is 1.96. The van der Waals surface area contributed by atoms with Crippen LogP contribution in [-0.2, 0) is 6.54 Å². The second-order valence-corrected chi connectivity index (χ2v) is 4.24. The molecule has 0 saturated heterocycles. The fraction of sp³-hybridized carbons (Fsp3) is 0.308. The second kappa shape index (κ2) is 5.20.